The Bertz CT molecular complexity index is 935. The molecule has 0 bridgehead atoms. The fourth-order valence-electron chi connectivity index (χ4n) is 2.50. The first kappa shape index (κ1) is 16.7. The highest BCUT2D eigenvalue weighted by Gasteiger charge is 2.07. The number of nitrogens with one attached hydrogen (secondary N) is 1. The third-order valence-corrected chi connectivity index (χ3v) is 3.76. The molecule has 25 heavy (non-hydrogen) atoms. The van der Waals surface area contributed by atoms with Crippen LogP contribution in [0.5, 0.6) is 5.75 Å². The van der Waals surface area contributed by atoms with E-state index in [0.717, 1.165) is 22.9 Å². The Kier molecular flexibility index (Phi) is 5.09. The van der Waals surface area contributed by atoms with Crippen LogP contribution in [-0.2, 0) is 17.8 Å². The maximum atomic E-state index is 11.9. The molecule has 3 rings (SSSR count). The first-order chi connectivity index (χ1) is 12.2. The molecule has 1 amide bonds. The Hall–Kier alpha value is -3.15. The molecule has 0 unspecified atom stereocenters. The molecule has 0 atom stereocenters. The van der Waals surface area contributed by atoms with Crippen molar-refractivity contribution in [1.29, 1.82) is 0 Å². The van der Waals surface area contributed by atoms with Crippen LogP contribution in [0.4, 0.5) is 0 Å². The van der Waals surface area contributed by atoms with Gasteiger partial charge >= 0.3 is 5.63 Å². The molecule has 1 N–H and O–H groups in total. The monoisotopic (exact) mass is 338 g/mol. The Morgan fingerprint density at radius 3 is 2.92 bits per heavy atom. The van der Waals surface area contributed by atoms with Crippen LogP contribution >= 0.6 is 0 Å². The maximum Gasteiger partial charge on any atom is 0.336 e. The number of carbonyl (C=O) groups excluding carboxylic acids is 1. The van der Waals surface area contributed by atoms with E-state index < -0.39 is 5.63 Å². The summed E-state index contributed by atoms with van der Waals surface area (Å²) >= 11 is 0. The fourth-order valence-corrected chi connectivity index (χ4v) is 2.50. The molecule has 0 spiro atoms. The molecule has 0 fully saturated rings. The molecule has 3 aromatic rings. The molecule has 0 aliphatic heterocycles. The van der Waals surface area contributed by atoms with Crippen LogP contribution < -0.4 is 15.7 Å². The number of fused-ring (bicyclic) bond motifs is 1. The molecule has 0 saturated carbocycles. The summed E-state index contributed by atoms with van der Waals surface area (Å²) in [6.07, 6.45) is 4.10. The lowest BCUT2D eigenvalue weighted by Gasteiger charge is -2.09. The van der Waals surface area contributed by atoms with Gasteiger partial charge in [0.15, 0.2) is 6.61 Å². The van der Waals surface area contributed by atoms with Gasteiger partial charge in [0, 0.05) is 36.5 Å². The van der Waals surface area contributed by atoms with Crippen molar-refractivity contribution in [1.82, 2.24) is 10.3 Å². The van der Waals surface area contributed by atoms with Crippen LogP contribution in [0.15, 0.2) is 58.0 Å². The predicted molar refractivity (Wildman–Crippen MR) is 93.4 cm³/mol. The Balaban J connectivity index is 1.63. The predicted octanol–water partition coefficient (Wildman–Crippen LogP) is 2.45. The Morgan fingerprint density at radius 2 is 2.16 bits per heavy atom. The number of amides is 1. The van der Waals surface area contributed by atoms with E-state index >= 15 is 0 Å². The smallest absolute Gasteiger partial charge is 0.336 e. The number of aromatic nitrogens is 1. The first-order valence-electron chi connectivity index (χ1n) is 8.01. The van der Waals surface area contributed by atoms with E-state index in [1.54, 1.807) is 24.5 Å². The van der Waals surface area contributed by atoms with Crippen LogP contribution in [0.3, 0.4) is 0 Å². The number of pyridine rings is 1. The van der Waals surface area contributed by atoms with Gasteiger partial charge in [-0.3, -0.25) is 9.78 Å². The Labute approximate surface area is 144 Å². The summed E-state index contributed by atoms with van der Waals surface area (Å²) in [4.78, 5) is 27.4. The van der Waals surface area contributed by atoms with Gasteiger partial charge in [0.1, 0.15) is 11.3 Å². The largest absolute Gasteiger partial charge is 0.484 e. The number of benzene rings is 1. The van der Waals surface area contributed by atoms with E-state index in [4.69, 9.17) is 9.15 Å². The number of hydrogen-bond acceptors (Lipinski definition) is 5. The van der Waals surface area contributed by atoms with Crippen molar-refractivity contribution in [2.24, 2.45) is 0 Å². The van der Waals surface area contributed by atoms with Gasteiger partial charge in [-0.1, -0.05) is 13.0 Å². The molecule has 0 aliphatic rings. The summed E-state index contributed by atoms with van der Waals surface area (Å²) in [6.45, 7) is 2.25. The topological polar surface area (TPSA) is 81.4 Å². The highest BCUT2D eigenvalue weighted by atomic mass is 16.5. The quantitative estimate of drug-likeness (QED) is 0.698. The van der Waals surface area contributed by atoms with Gasteiger partial charge in [0.2, 0.25) is 0 Å². The van der Waals surface area contributed by atoms with Gasteiger partial charge in [-0.15, -0.1) is 0 Å². The van der Waals surface area contributed by atoms with Crippen molar-refractivity contribution >= 4 is 16.9 Å². The highest BCUT2D eigenvalue weighted by molar-refractivity contribution is 5.82. The summed E-state index contributed by atoms with van der Waals surface area (Å²) in [5.41, 5.74) is 1.90. The molecule has 0 aliphatic carbocycles. The van der Waals surface area contributed by atoms with E-state index in [-0.39, 0.29) is 12.5 Å². The SMILES string of the molecule is CCc1cc(=O)oc2cc(OCC(=O)NCc3cccnc3)ccc12. The third kappa shape index (κ3) is 4.23. The third-order valence-electron chi connectivity index (χ3n) is 3.76. The summed E-state index contributed by atoms with van der Waals surface area (Å²) in [6, 6.07) is 10.4. The van der Waals surface area contributed by atoms with E-state index in [0.29, 0.717) is 17.9 Å². The number of ether oxygens (including phenoxy) is 1. The van der Waals surface area contributed by atoms with Gasteiger partial charge in [0.25, 0.3) is 5.91 Å². The lowest BCUT2D eigenvalue weighted by molar-refractivity contribution is -0.123. The molecular formula is C19H18N2O4. The average Bonchev–Trinajstić information content (AvgIpc) is 2.64. The molecular weight excluding hydrogens is 320 g/mol. The lowest BCUT2D eigenvalue weighted by atomic mass is 10.1. The van der Waals surface area contributed by atoms with E-state index in [2.05, 4.69) is 10.3 Å². The van der Waals surface area contributed by atoms with Crippen molar-refractivity contribution < 1.29 is 13.9 Å². The second-order valence-electron chi connectivity index (χ2n) is 5.53. The summed E-state index contributed by atoms with van der Waals surface area (Å²) in [5, 5.41) is 3.63. The van der Waals surface area contributed by atoms with Crippen molar-refractivity contribution in [2.75, 3.05) is 6.61 Å². The van der Waals surface area contributed by atoms with Crippen LogP contribution in [0.1, 0.15) is 18.1 Å². The normalized spacial score (nSPS) is 10.6. The van der Waals surface area contributed by atoms with Crippen LogP contribution in [-0.4, -0.2) is 17.5 Å². The molecule has 0 radical (unpaired) electrons. The highest BCUT2D eigenvalue weighted by Crippen LogP contribution is 2.22. The number of carbonyl (C=O) groups is 1. The second-order valence-corrected chi connectivity index (χ2v) is 5.53. The van der Waals surface area contributed by atoms with E-state index in [1.807, 2.05) is 25.1 Å². The van der Waals surface area contributed by atoms with E-state index in [1.165, 1.54) is 6.07 Å². The van der Waals surface area contributed by atoms with Gasteiger partial charge < -0.3 is 14.5 Å². The summed E-state index contributed by atoms with van der Waals surface area (Å²) in [7, 11) is 0. The molecule has 0 saturated heterocycles. The maximum absolute atomic E-state index is 11.9. The van der Waals surface area contributed by atoms with Crippen molar-refractivity contribution in [3.63, 3.8) is 0 Å². The fraction of sp³-hybridized carbons (Fsp3) is 0.211. The average molecular weight is 338 g/mol. The van der Waals surface area contributed by atoms with Crippen LogP contribution in [0, 0.1) is 0 Å². The lowest BCUT2D eigenvalue weighted by Crippen LogP contribution is -2.28. The van der Waals surface area contributed by atoms with Gasteiger partial charge in [-0.05, 0) is 35.7 Å². The van der Waals surface area contributed by atoms with Crippen molar-refractivity contribution in [3.8, 4) is 5.75 Å². The summed E-state index contributed by atoms with van der Waals surface area (Å²) in [5.74, 6) is 0.230. The minimum Gasteiger partial charge on any atom is -0.484 e. The van der Waals surface area contributed by atoms with Crippen LogP contribution in [0.2, 0.25) is 0 Å². The first-order valence-corrected chi connectivity index (χ1v) is 8.01. The van der Waals surface area contributed by atoms with Gasteiger partial charge in [-0.2, -0.15) is 0 Å². The van der Waals surface area contributed by atoms with Gasteiger partial charge in [0.05, 0.1) is 0 Å². The van der Waals surface area contributed by atoms with Crippen molar-refractivity contribution in [3.05, 3.63) is 70.3 Å². The van der Waals surface area contributed by atoms with Crippen molar-refractivity contribution in [2.45, 2.75) is 19.9 Å². The number of aryl methyl sites for hydroxylation is 1. The zero-order valence-corrected chi connectivity index (χ0v) is 13.8. The minimum absolute atomic E-state index is 0.122. The van der Waals surface area contributed by atoms with Gasteiger partial charge in [-0.25, -0.2) is 4.79 Å². The molecule has 6 nitrogen and oxygen atoms in total. The van der Waals surface area contributed by atoms with E-state index in [9.17, 15) is 9.59 Å². The molecule has 128 valence electrons. The number of nitrogens with zero attached hydrogens (tertiary/aromatic N) is 1. The zero-order chi connectivity index (χ0) is 17.6. The molecule has 2 heterocycles. The van der Waals surface area contributed by atoms with Crippen LogP contribution in [0.25, 0.3) is 11.0 Å². The molecule has 1 aromatic carbocycles. The second kappa shape index (κ2) is 7.61. The number of rotatable bonds is 6. The Morgan fingerprint density at radius 1 is 1.28 bits per heavy atom. The summed E-state index contributed by atoms with van der Waals surface area (Å²) < 4.78 is 10.7. The zero-order valence-electron chi connectivity index (χ0n) is 13.8. The number of hydrogen-bond donors (Lipinski definition) is 1. The standard InChI is InChI=1S/C19H18N2O4/c1-2-14-8-19(23)25-17-9-15(5-6-16(14)17)24-12-18(22)21-11-13-4-3-7-20-10-13/h3-10H,2,11-12H2,1H3,(H,21,22). The molecule has 2 aromatic heterocycles. The molecule has 6 heteroatoms. The minimum atomic E-state index is -0.393.